The number of fused-ring (bicyclic) bond motifs is 3. The average Bonchev–Trinajstić information content (AvgIpc) is 2.64. The van der Waals surface area contributed by atoms with E-state index >= 15 is 0 Å². The predicted octanol–water partition coefficient (Wildman–Crippen LogP) is 3.18. The number of carbonyl (C=O) groups is 1. The van der Waals surface area contributed by atoms with Gasteiger partial charge in [-0.3, -0.25) is 9.59 Å². The summed E-state index contributed by atoms with van der Waals surface area (Å²) in [6, 6.07) is 13.0. The van der Waals surface area contributed by atoms with E-state index in [9.17, 15) is 9.59 Å². The first-order chi connectivity index (χ1) is 12.2. The van der Waals surface area contributed by atoms with Crippen molar-refractivity contribution in [2.24, 2.45) is 0 Å². The molecule has 0 radical (unpaired) electrons. The number of hydrogen-bond donors (Lipinski definition) is 1. The fourth-order valence-corrected chi connectivity index (χ4v) is 3.09. The molecule has 0 aliphatic carbocycles. The molecular formula is C20H22N2O3. The maximum atomic E-state index is 12.8. The van der Waals surface area contributed by atoms with Crippen LogP contribution in [0.2, 0.25) is 0 Å². The number of aromatic nitrogens is 1. The molecule has 0 unspecified atom stereocenters. The Balaban J connectivity index is 2.04. The molecule has 0 aliphatic rings. The summed E-state index contributed by atoms with van der Waals surface area (Å²) in [4.78, 5) is 29.8. The third-order valence-electron chi connectivity index (χ3n) is 4.32. The van der Waals surface area contributed by atoms with Gasteiger partial charge in [0.1, 0.15) is 0 Å². The summed E-state index contributed by atoms with van der Waals surface area (Å²) >= 11 is 0. The Morgan fingerprint density at radius 3 is 2.56 bits per heavy atom. The van der Waals surface area contributed by atoms with Crippen LogP contribution in [0.3, 0.4) is 0 Å². The first-order valence-corrected chi connectivity index (χ1v) is 8.48. The number of aromatic amines is 1. The van der Waals surface area contributed by atoms with E-state index in [0.717, 1.165) is 17.2 Å². The molecule has 1 amide bonds. The average molecular weight is 338 g/mol. The van der Waals surface area contributed by atoms with Crippen LogP contribution in [-0.2, 0) is 4.74 Å². The molecule has 1 aromatic heterocycles. The highest BCUT2D eigenvalue weighted by molar-refractivity contribution is 6.07. The first-order valence-electron chi connectivity index (χ1n) is 8.48. The van der Waals surface area contributed by atoms with Crippen molar-refractivity contribution in [2.45, 2.75) is 13.3 Å². The fourth-order valence-electron chi connectivity index (χ4n) is 3.09. The number of H-pyrrole nitrogens is 1. The van der Waals surface area contributed by atoms with Crippen LogP contribution in [0.4, 0.5) is 0 Å². The summed E-state index contributed by atoms with van der Waals surface area (Å²) in [5.74, 6) is -0.0465. The monoisotopic (exact) mass is 338 g/mol. The number of methoxy groups -OCH3 is 1. The van der Waals surface area contributed by atoms with Crippen molar-refractivity contribution in [1.29, 1.82) is 0 Å². The number of carbonyl (C=O) groups excluding carboxylic acids is 1. The Hall–Kier alpha value is -2.66. The lowest BCUT2D eigenvalue weighted by Crippen LogP contribution is -2.34. The van der Waals surface area contributed by atoms with E-state index in [2.05, 4.69) is 4.98 Å². The van der Waals surface area contributed by atoms with E-state index in [1.807, 2.05) is 37.3 Å². The quantitative estimate of drug-likeness (QED) is 0.702. The van der Waals surface area contributed by atoms with E-state index in [1.54, 1.807) is 24.1 Å². The number of nitrogens with one attached hydrogen (secondary N) is 1. The van der Waals surface area contributed by atoms with Gasteiger partial charge in [-0.05, 0) is 30.0 Å². The van der Waals surface area contributed by atoms with Crippen LogP contribution >= 0.6 is 0 Å². The van der Waals surface area contributed by atoms with Crippen molar-refractivity contribution >= 4 is 27.6 Å². The molecule has 0 bridgehead atoms. The number of benzene rings is 2. The lowest BCUT2D eigenvalue weighted by atomic mass is 10.0. The second-order valence-electron chi connectivity index (χ2n) is 6.05. The van der Waals surface area contributed by atoms with Gasteiger partial charge in [0.15, 0.2) is 0 Å². The molecule has 5 heteroatoms. The molecule has 0 saturated heterocycles. The zero-order valence-electron chi connectivity index (χ0n) is 14.5. The maximum absolute atomic E-state index is 12.8. The third kappa shape index (κ3) is 3.42. The molecule has 2 aromatic carbocycles. The Morgan fingerprint density at radius 2 is 1.84 bits per heavy atom. The van der Waals surface area contributed by atoms with Gasteiger partial charge in [-0.1, -0.05) is 31.2 Å². The topological polar surface area (TPSA) is 62.4 Å². The van der Waals surface area contributed by atoms with Crippen LogP contribution in [0, 0.1) is 0 Å². The van der Waals surface area contributed by atoms with Crippen LogP contribution in [0.1, 0.15) is 23.7 Å². The van der Waals surface area contributed by atoms with Gasteiger partial charge in [0.05, 0.1) is 6.61 Å². The Labute approximate surface area is 146 Å². The molecule has 25 heavy (non-hydrogen) atoms. The van der Waals surface area contributed by atoms with E-state index in [1.165, 1.54) is 0 Å². The zero-order chi connectivity index (χ0) is 17.8. The summed E-state index contributed by atoms with van der Waals surface area (Å²) in [6.07, 6.45) is 0.879. The normalized spacial score (nSPS) is 11.1. The van der Waals surface area contributed by atoms with Gasteiger partial charge >= 0.3 is 0 Å². The third-order valence-corrected chi connectivity index (χ3v) is 4.32. The molecule has 0 saturated carbocycles. The smallest absolute Gasteiger partial charge is 0.256 e. The van der Waals surface area contributed by atoms with Crippen molar-refractivity contribution in [3.63, 3.8) is 0 Å². The fraction of sp³-hybridized carbons (Fsp3) is 0.300. The highest BCUT2D eigenvalue weighted by atomic mass is 16.5. The summed E-state index contributed by atoms with van der Waals surface area (Å²) in [6.45, 7) is 3.77. The number of nitrogens with zero attached hydrogens (tertiary/aromatic N) is 1. The lowest BCUT2D eigenvalue weighted by molar-refractivity contribution is 0.0696. The number of pyridine rings is 1. The first kappa shape index (κ1) is 17.2. The van der Waals surface area contributed by atoms with Gasteiger partial charge in [-0.25, -0.2) is 0 Å². The van der Waals surface area contributed by atoms with Crippen LogP contribution in [0.5, 0.6) is 0 Å². The van der Waals surface area contributed by atoms with Crippen molar-refractivity contribution in [2.75, 3.05) is 26.8 Å². The molecule has 0 aliphatic heterocycles. The van der Waals surface area contributed by atoms with Gasteiger partial charge < -0.3 is 14.6 Å². The zero-order valence-corrected chi connectivity index (χ0v) is 14.5. The Morgan fingerprint density at radius 1 is 1.08 bits per heavy atom. The Bertz CT molecular complexity index is 962. The van der Waals surface area contributed by atoms with Crippen LogP contribution < -0.4 is 5.56 Å². The molecule has 3 aromatic rings. The number of rotatable bonds is 6. The Kier molecular flexibility index (Phi) is 5.14. The molecule has 3 rings (SSSR count). The molecule has 1 N–H and O–H groups in total. The van der Waals surface area contributed by atoms with Gasteiger partial charge in [-0.2, -0.15) is 0 Å². The lowest BCUT2D eigenvalue weighted by Gasteiger charge is -2.22. The predicted molar refractivity (Wildman–Crippen MR) is 100 cm³/mol. The van der Waals surface area contributed by atoms with Crippen molar-refractivity contribution in [1.82, 2.24) is 9.88 Å². The molecule has 0 spiro atoms. The largest absolute Gasteiger partial charge is 0.383 e. The standard InChI is InChI=1S/C20H22N2O3/c1-3-10-22(11-12-25-2)20(24)14-8-9-16-15-6-4-5-7-17(15)19(23)21-18(16)13-14/h4-9,13H,3,10-12H2,1-2H3,(H,21,23). The number of amides is 1. The van der Waals surface area contributed by atoms with E-state index < -0.39 is 0 Å². The second kappa shape index (κ2) is 7.49. The molecule has 5 nitrogen and oxygen atoms in total. The van der Waals surface area contributed by atoms with Crippen LogP contribution in [0.15, 0.2) is 47.3 Å². The minimum Gasteiger partial charge on any atom is -0.383 e. The van der Waals surface area contributed by atoms with Crippen molar-refractivity contribution < 1.29 is 9.53 Å². The van der Waals surface area contributed by atoms with Crippen molar-refractivity contribution in [3.8, 4) is 0 Å². The summed E-state index contributed by atoms with van der Waals surface area (Å²) in [5.41, 5.74) is 1.11. The van der Waals surface area contributed by atoms with E-state index in [0.29, 0.717) is 36.2 Å². The van der Waals surface area contributed by atoms with Gasteiger partial charge in [-0.15, -0.1) is 0 Å². The summed E-state index contributed by atoms with van der Waals surface area (Å²) in [5, 5.41) is 2.48. The SMILES string of the molecule is CCCN(CCOC)C(=O)c1ccc2c(c1)[nH]c(=O)c1ccccc12. The van der Waals surface area contributed by atoms with Crippen molar-refractivity contribution in [3.05, 3.63) is 58.4 Å². The summed E-state index contributed by atoms with van der Waals surface area (Å²) < 4.78 is 5.10. The van der Waals surface area contributed by atoms with E-state index in [-0.39, 0.29) is 11.5 Å². The minimum atomic E-state index is -0.141. The molecular weight excluding hydrogens is 316 g/mol. The van der Waals surface area contributed by atoms with Gasteiger partial charge in [0.2, 0.25) is 0 Å². The molecule has 0 fully saturated rings. The molecule has 0 atom stereocenters. The highest BCUT2D eigenvalue weighted by Crippen LogP contribution is 2.22. The van der Waals surface area contributed by atoms with Crippen LogP contribution in [0.25, 0.3) is 21.7 Å². The number of hydrogen-bond acceptors (Lipinski definition) is 3. The maximum Gasteiger partial charge on any atom is 0.256 e. The highest BCUT2D eigenvalue weighted by Gasteiger charge is 2.16. The molecule has 130 valence electrons. The second-order valence-corrected chi connectivity index (χ2v) is 6.05. The minimum absolute atomic E-state index is 0.0465. The number of ether oxygens (including phenoxy) is 1. The molecule has 1 heterocycles. The van der Waals surface area contributed by atoms with E-state index in [4.69, 9.17) is 4.74 Å². The van der Waals surface area contributed by atoms with Crippen LogP contribution in [-0.4, -0.2) is 42.6 Å². The summed E-state index contributed by atoms with van der Waals surface area (Å²) in [7, 11) is 1.63. The van der Waals surface area contributed by atoms with Gasteiger partial charge in [0, 0.05) is 42.1 Å². The van der Waals surface area contributed by atoms with Gasteiger partial charge in [0.25, 0.3) is 11.5 Å².